The molecule has 5 aliphatic heterocycles. The normalized spacial score (nSPS) is 37.0. The minimum absolute atomic E-state index is 0.453. The van der Waals surface area contributed by atoms with E-state index in [0.717, 1.165) is 21.3 Å². The summed E-state index contributed by atoms with van der Waals surface area (Å²) < 4.78 is 407. The summed E-state index contributed by atoms with van der Waals surface area (Å²) in [6.45, 7) is -4.91. The van der Waals surface area contributed by atoms with Crippen molar-refractivity contribution in [2.24, 2.45) is 0 Å². The Kier molecular flexibility index (Phi) is 29.6. The largest absolute Gasteiger partial charge is 0.735 e. The van der Waals surface area contributed by atoms with Gasteiger partial charge in [0, 0.05) is 49.8 Å². The van der Waals surface area contributed by atoms with E-state index in [2.05, 4.69) is 25.1 Å². The molecular formula is C37H54N2O50S8-10. The number of rotatable bonds is 36. The molecule has 2 N–H and O–H groups in total. The van der Waals surface area contributed by atoms with Crippen LogP contribution in [0.5, 0.6) is 0 Å². The third-order valence-electron chi connectivity index (χ3n) is 13.7. The molecule has 0 saturated carbocycles. The molecule has 5 aliphatic rings. The second kappa shape index (κ2) is 33.8. The van der Waals surface area contributed by atoms with E-state index >= 15 is 0 Å². The minimum atomic E-state index is -6.63. The molecule has 0 aliphatic carbocycles. The highest BCUT2D eigenvalue weighted by molar-refractivity contribution is 7.84. The Morgan fingerprint density at radius 1 is 0.309 bits per heavy atom. The first-order valence-corrected chi connectivity index (χ1v) is 36.4. The first-order chi connectivity index (χ1) is 44.4. The average Bonchev–Trinajstić information content (AvgIpc) is 0.761. The van der Waals surface area contributed by atoms with E-state index < -0.39 is 268 Å². The summed E-state index contributed by atoms with van der Waals surface area (Å²) in [6, 6.07) is -4.43. The number of carbonyl (C=O) groups is 2. The van der Waals surface area contributed by atoms with E-state index in [1.54, 1.807) is 0 Å². The number of carboxylic acids is 2. The Morgan fingerprint density at radius 3 is 0.938 bits per heavy atom. The number of nitrogens with one attached hydrogen (secondary N) is 2. The standard InChI is InChI=1S/C37H64N2O50S8/c1-68-16-11(8-75-92(50,51)52)79-34(15(19(16)69-2)39-91(47,48)49)83-23-21(71-4)28(73-6)35(85-26(23)31(40)41)82-18-13(10-77-94(56,57)58)80-36(30(89-97(65,66)67)25(18)87-95(59,60)61)84-24-22(72-5)29(88-96(62,63)64)37(86-27(24)32(42)43)81-17-12(9-76-93(53,54)55)78-33(74-7)14(20(17)70-3)38-90(44,45)46/h11-30,33-39H,8-10H2,1-7H3,(H,40,41)(H,42,43)(H,44,45,46)(H,47,48,49)(H,50,51,52)(H,53,54,55)(H,56,57,58)(H,59,60,61)(H,62,63,64)(H,65,66,67)/p-10/t11-,12+,13+,14+,15-,16-,17+,18+,19-,20+,21+,22+,23-,24+,25+,26-,27+,28-,29-,30-,33+,34-,35-,36-,37-/m0/s1. The van der Waals surface area contributed by atoms with Crippen molar-refractivity contribution >= 4 is 94.9 Å². The number of hydrogen-bond donors (Lipinski definition) is 2. The second-order valence-corrected chi connectivity index (χ2v) is 28.1. The van der Waals surface area contributed by atoms with Crippen molar-refractivity contribution in [3.05, 3.63) is 0 Å². The van der Waals surface area contributed by atoms with Gasteiger partial charge < -0.3 is 132 Å². The average molecular weight is 1580 g/mol. The van der Waals surface area contributed by atoms with Crippen molar-refractivity contribution in [1.82, 2.24) is 9.44 Å². The third-order valence-corrected chi connectivity index (χ3v) is 17.5. The summed E-state index contributed by atoms with van der Waals surface area (Å²) in [4.78, 5) is 26.3. The maximum atomic E-state index is 13.2. The van der Waals surface area contributed by atoms with E-state index in [-0.39, 0.29) is 0 Å². The van der Waals surface area contributed by atoms with Gasteiger partial charge in [-0.3, -0.25) is 25.1 Å². The van der Waals surface area contributed by atoms with Crippen LogP contribution in [-0.2, 0) is 193 Å². The molecule has 0 spiro atoms. The van der Waals surface area contributed by atoms with E-state index in [1.807, 2.05) is 0 Å². The lowest BCUT2D eigenvalue weighted by molar-refractivity contribution is -0.396. The van der Waals surface area contributed by atoms with Crippen LogP contribution in [0.2, 0.25) is 0 Å². The molecule has 0 aromatic rings. The van der Waals surface area contributed by atoms with Crippen LogP contribution >= 0.6 is 0 Å². The summed E-state index contributed by atoms with van der Waals surface area (Å²) >= 11 is 0. The minimum Gasteiger partial charge on any atom is -0.735 e. The van der Waals surface area contributed by atoms with Crippen LogP contribution in [0.15, 0.2) is 0 Å². The van der Waals surface area contributed by atoms with Crippen molar-refractivity contribution < 1.29 is 224 Å². The van der Waals surface area contributed by atoms with Crippen molar-refractivity contribution in [3.8, 4) is 0 Å². The van der Waals surface area contributed by atoms with Gasteiger partial charge in [0.15, 0.2) is 64.3 Å². The van der Waals surface area contributed by atoms with Crippen LogP contribution in [-0.4, -0.2) is 339 Å². The Bertz CT molecular complexity index is 3610. The maximum Gasteiger partial charge on any atom is 0.218 e. The van der Waals surface area contributed by atoms with E-state index in [4.69, 9.17) is 75.8 Å². The van der Waals surface area contributed by atoms with Gasteiger partial charge in [-0.1, -0.05) is 0 Å². The lowest BCUT2D eigenvalue weighted by Crippen LogP contribution is -2.71. The van der Waals surface area contributed by atoms with Gasteiger partial charge in [0.1, 0.15) is 110 Å². The van der Waals surface area contributed by atoms with Crippen molar-refractivity contribution in [2.75, 3.05) is 69.6 Å². The van der Waals surface area contributed by atoms with Crippen LogP contribution in [0.3, 0.4) is 0 Å². The lowest BCUT2D eigenvalue weighted by atomic mass is 9.94. The molecule has 0 aromatic heterocycles. The summed E-state index contributed by atoms with van der Waals surface area (Å²) in [5.41, 5.74) is 0. The van der Waals surface area contributed by atoms with E-state index in [0.29, 0.717) is 28.4 Å². The quantitative estimate of drug-likeness (QED) is 0.0434. The number of carboxylic acid groups (broad SMARTS) is 2. The Morgan fingerprint density at radius 2 is 0.588 bits per heavy atom. The number of ether oxygens (including phenoxy) is 16. The van der Waals surface area contributed by atoms with Crippen molar-refractivity contribution in [3.63, 3.8) is 0 Å². The molecule has 5 fully saturated rings. The van der Waals surface area contributed by atoms with Gasteiger partial charge in [-0.2, -0.15) is 0 Å². The van der Waals surface area contributed by atoms with Crippen LogP contribution in [0.1, 0.15) is 0 Å². The van der Waals surface area contributed by atoms with Crippen LogP contribution in [0.4, 0.5) is 0 Å². The van der Waals surface area contributed by atoms with Gasteiger partial charge in [0.2, 0.25) is 62.4 Å². The lowest BCUT2D eigenvalue weighted by Gasteiger charge is -2.52. The summed E-state index contributed by atoms with van der Waals surface area (Å²) in [6.07, 6.45) is -61.4. The zero-order valence-corrected chi connectivity index (χ0v) is 55.8. The van der Waals surface area contributed by atoms with Crippen LogP contribution in [0.25, 0.3) is 0 Å². The zero-order chi connectivity index (χ0) is 73.7. The van der Waals surface area contributed by atoms with E-state index in [9.17, 15) is 124 Å². The van der Waals surface area contributed by atoms with Gasteiger partial charge in [-0.25, -0.2) is 76.8 Å². The van der Waals surface area contributed by atoms with Crippen LogP contribution in [0, 0.1) is 0 Å². The number of methoxy groups -OCH3 is 7. The monoisotopic (exact) mass is 1580 g/mol. The first kappa shape index (κ1) is 84.9. The van der Waals surface area contributed by atoms with Gasteiger partial charge in [0.25, 0.3) is 0 Å². The van der Waals surface area contributed by atoms with Gasteiger partial charge >= 0.3 is 0 Å². The number of aliphatic carboxylic acids is 2. The molecule has 5 saturated heterocycles. The third kappa shape index (κ3) is 24.4. The molecule has 60 heteroatoms. The van der Waals surface area contributed by atoms with Crippen molar-refractivity contribution in [1.29, 1.82) is 0 Å². The highest BCUT2D eigenvalue weighted by Crippen LogP contribution is 2.41. The molecule has 97 heavy (non-hydrogen) atoms. The molecule has 0 aromatic carbocycles. The van der Waals surface area contributed by atoms with Gasteiger partial charge in [-0.05, 0) is 0 Å². The summed E-state index contributed by atoms with van der Waals surface area (Å²) in [7, 11) is -43.5. The maximum absolute atomic E-state index is 13.2. The smallest absolute Gasteiger partial charge is 0.218 e. The summed E-state index contributed by atoms with van der Waals surface area (Å²) in [5.74, 6) is -5.17. The fourth-order valence-electron chi connectivity index (χ4n) is 10.4. The Balaban J connectivity index is 1.67. The fourth-order valence-corrected chi connectivity index (χ4v) is 13.9. The van der Waals surface area contributed by atoms with E-state index in [1.165, 1.54) is 9.44 Å². The van der Waals surface area contributed by atoms with Gasteiger partial charge in [-0.15, -0.1) is 0 Å². The fraction of sp³-hybridized carbons (Fsp3) is 0.946. The molecule has 0 unspecified atom stereocenters. The molecular weight excluding hydrogens is 1530 g/mol. The molecule has 25 atom stereocenters. The van der Waals surface area contributed by atoms with Gasteiger partial charge in [0.05, 0.1) is 31.8 Å². The molecule has 52 nitrogen and oxygen atoms in total. The predicted octanol–water partition coefficient (Wildman–Crippen LogP) is -14.8. The number of hydrogen-bond acceptors (Lipinski definition) is 50. The Hall–Kier alpha value is -2.74. The zero-order valence-electron chi connectivity index (χ0n) is 49.2. The molecule has 5 heterocycles. The Labute approximate surface area is 549 Å². The molecule has 0 bridgehead atoms. The molecule has 570 valence electrons. The van der Waals surface area contributed by atoms with Crippen LogP contribution < -0.4 is 19.7 Å². The first-order valence-electron chi connectivity index (χ1n) is 25.6. The second-order valence-electron chi connectivity index (χ2n) is 19.6. The summed E-state index contributed by atoms with van der Waals surface area (Å²) in [5, 5.41) is 26.3. The number of carbonyl (C=O) groups excluding carboxylic acids is 2. The topological polar surface area (TPSA) is 765 Å². The SMILES string of the molecule is CO[C@@H]1O[C@H](COS(=O)(=O)[O-])[C@@H](O[C@H]2O[C@@H](C(=O)[O-])[C@H](O[C@@H]3O[C@H](COS(=O)(=O)[O-])[C@@H](O[C@H]4O[C@H](C(=O)[O-])[C@@H](O[C@@H]5O[C@@H](COS(=O)(=O)[O-])[C@H](OC)[C@@H](OC)[C@@H]5NS(=O)(=O)[O-])[C@@H](OC)[C@@H]4OC)[C@@H](OS(=O)(=O)[O-])[C@@H]3OS(=O)(=O)[O-])[C@@H](OC)[C@@H]2OS(=O)(=O)[O-])[C@H](OC)[C@H]1NS(=O)(=O)[O-]. The highest BCUT2D eigenvalue weighted by Gasteiger charge is 2.61. The molecule has 5 rings (SSSR count). The molecule has 0 radical (unpaired) electrons. The predicted molar refractivity (Wildman–Crippen MR) is 269 cm³/mol. The van der Waals surface area contributed by atoms with Crippen molar-refractivity contribution in [2.45, 2.75) is 153 Å². The highest BCUT2D eigenvalue weighted by atomic mass is 32.3. The molecule has 0 amide bonds.